The molecule has 10 heteroatoms. The number of hydrogen-bond acceptors (Lipinski definition) is 6. The lowest BCUT2D eigenvalue weighted by Crippen LogP contribution is -2.43. The van der Waals surface area contributed by atoms with Gasteiger partial charge in [-0.25, -0.2) is 13.1 Å². The predicted octanol–water partition coefficient (Wildman–Crippen LogP) is -1.21. The van der Waals surface area contributed by atoms with E-state index in [1.807, 2.05) is 0 Å². The number of carboxylic acids is 2. The molecule has 0 bridgehead atoms. The molecule has 0 aliphatic heterocycles. The van der Waals surface area contributed by atoms with E-state index in [1.165, 1.54) is 0 Å². The lowest BCUT2D eigenvalue weighted by Gasteiger charge is -2.12. The quantitative estimate of drug-likeness (QED) is 0.449. The highest BCUT2D eigenvalue weighted by Gasteiger charge is 2.26. The summed E-state index contributed by atoms with van der Waals surface area (Å²) in [6, 6.07) is -1.77. The van der Waals surface area contributed by atoms with Gasteiger partial charge in [0.1, 0.15) is 6.04 Å². The van der Waals surface area contributed by atoms with Crippen molar-refractivity contribution in [3.05, 3.63) is 0 Å². The van der Waals surface area contributed by atoms with Gasteiger partial charge in [-0.2, -0.15) is 0 Å². The fourth-order valence-corrected chi connectivity index (χ4v) is 2.25. The molecule has 1 atom stereocenters. The third-order valence-electron chi connectivity index (χ3n) is 1.88. The average molecular weight is 297 g/mol. The normalized spacial score (nSPS) is 12.7. The standard InChI is InChI=1S/C9H15NO8S/c1-2-18-8(13)3-4-19(16,17)10-6(9(14)15)5-7(11)12/h6,10H,2-5H2,1H3,(H,11,12)(H,14,15)/t6-/m1/s1. The van der Waals surface area contributed by atoms with E-state index in [9.17, 15) is 22.8 Å². The molecule has 0 fully saturated rings. The number of carbonyl (C=O) groups is 3. The summed E-state index contributed by atoms with van der Waals surface area (Å²) in [6.45, 7) is 1.65. The average Bonchev–Trinajstić information content (AvgIpc) is 2.25. The lowest BCUT2D eigenvalue weighted by atomic mass is 10.2. The Morgan fingerprint density at radius 2 is 1.84 bits per heavy atom. The fraction of sp³-hybridized carbons (Fsp3) is 0.667. The summed E-state index contributed by atoms with van der Waals surface area (Å²) in [5, 5.41) is 17.1. The van der Waals surface area contributed by atoms with E-state index in [0.717, 1.165) is 0 Å². The molecule has 0 saturated heterocycles. The third-order valence-corrected chi connectivity index (χ3v) is 3.26. The first-order valence-electron chi connectivity index (χ1n) is 5.28. The second kappa shape index (κ2) is 7.69. The van der Waals surface area contributed by atoms with Gasteiger partial charge in [-0.1, -0.05) is 0 Å². The Labute approximate surface area is 109 Å². The van der Waals surface area contributed by atoms with Gasteiger partial charge in [0.15, 0.2) is 0 Å². The number of aliphatic carboxylic acids is 2. The molecule has 110 valence electrons. The minimum absolute atomic E-state index is 0.100. The van der Waals surface area contributed by atoms with E-state index in [-0.39, 0.29) is 6.61 Å². The van der Waals surface area contributed by atoms with E-state index in [2.05, 4.69) is 4.74 Å². The third kappa shape index (κ3) is 8.11. The van der Waals surface area contributed by atoms with Crippen LogP contribution in [-0.4, -0.2) is 54.9 Å². The minimum atomic E-state index is -4.08. The molecule has 0 saturated carbocycles. The largest absolute Gasteiger partial charge is 0.481 e. The van der Waals surface area contributed by atoms with Crippen LogP contribution in [0.5, 0.6) is 0 Å². The Morgan fingerprint density at radius 3 is 2.26 bits per heavy atom. The smallest absolute Gasteiger partial charge is 0.322 e. The first kappa shape index (κ1) is 17.3. The van der Waals surface area contributed by atoms with Gasteiger partial charge in [0.05, 0.1) is 25.2 Å². The van der Waals surface area contributed by atoms with Crippen LogP contribution in [0.15, 0.2) is 0 Å². The predicted molar refractivity (Wildman–Crippen MR) is 61.8 cm³/mol. The molecule has 0 aromatic rings. The number of rotatable bonds is 9. The molecule has 19 heavy (non-hydrogen) atoms. The molecule has 9 nitrogen and oxygen atoms in total. The number of carboxylic acid groups (broad SMARTS) is 2. The van der Waals surface area contributed by atoms with Crippen LogP contribution in [0.1, 0.15) is 19.8 Å². The van der Waals surface area contributed by atoms with Gasteiger partial charge in [-0.3, -0.25) is 14.4 Å². The molecular formula is C9H15NO8S. The molecule has 0 aliphatic carbocycles. The molecular weight excluding hydrogens is 282 g/mol. The minimum Gasteiger partial charge on any atom is -0.481 e. The zero-order valence-electron chi connectivity index (χ0n) is 10.2. The van der Waals surface area contributed by atoms with Crippen molar-refractivity contribution in [3.8, 4) is 0 Å². The van der Waals surface area contributed by atoms with Crippen molar-refractivity contribution < 1.29 is 37.8 Å². The number of sulfonamides is 1. The first-order chi connectivity index (χ1) is 8.68. The summed E-state index contributed by atoms with van der Waals surface area (Å²) in [4.78, 5) is 32.0. The number of carbonyl (C=O) groups excluding carboxylic acids is 1. The van der Waals surface area contributed by atoms with Crippen molar-refractivity contribution in [1.82, 2.24) is 4.72 Å². The van der Waals surface area contributed by atoms with Gasteiger partial charge < -0.3 is 14.9 Å². The van der Waals surface area contributed by atoms with Gasteiger partial charge in [0.2, 0.25) is 10.0 Å². The molecule has 0 heterocycles. The van der Waals surface area contributed by atoms with Crippen LogP contribution in [0.3, 0.4) is 0 Å². The highest BCUT2D eigenvalue weighted by atomic mass is 32.2. The Hall–Kier alpha value is -1.68. The summed E-state index contributed by atoms with van der Waals surface area (Å²) in [6.07, 6.45) is -1.34. The monoisotopic (exact) mass is 297 g/mol. The van der Waals surface area contributed by atoms with Crippen LogP contribution in [0.2, 0.25) is 0 Å². The van der Waals surface area contributed by atoms with E-state index in [4.69, 9.17) is 10.2 Å². The van der Waals surface area contributed by atoms with Crippen LogP contribution in [0.25, 0.3) is 0 Å². The number of ether oxygens (including phenoxy) is 1. The zero-order chi connectivity index (χ0) is 15.1. The summed E-state index contributed by atoms with van der Waals surface area (Å²) >= 11 is 0. The Bertz CT molecular complexity index is 443. The van der Waals surface area contributed by atoms with E-state index < -0.39 is 52.6 Å². The Balaban J connectivity index is 4.51. The summed E-state index contributed by atoms with van der Waals surface area (Å²) in [5.74, 6) is -4.48. The maximum absolute atomic E-state index is 11.5. The fourth-order valence-electron chi connectivity index (χ4n) is 1.08. The molecule has 0 radical (unpaired) electrons. The van der Waals surface area contributed by atoms with Crippen LogP contribution in [0.4, 0.5) is 0 Å². The molecule has 0 amide bonds. The SMILES string of the molecule is CCOC(=O)CCS(=O)(=O)N[C@H](CC(=O)O)C(=O)O. The van der Waals surface area contributed by atoms with Crippen molar-refractivity contribution >= 4 is 27.9 Å². The second-order valence-corrected chi connectivity index (χ2v) is 5.35. The molecule has 0 aromatic carbocycles. The van der Waals surface area contributed by atoms with Crippen molar-refractivity contribution in [2.24, 2.45) is 0 Å². The second-order valence-electron chi connectivity index (χ2n) is 3.48. The van der Waals surface area contributed by atoms with Gasteiger partial charge >= 0.3 is 17.9 Å². The molecule has 0 aliphatic rings. The van der Waals surface area contributed by atoms with E-state index >= 15 is 0 Å². The van der Waals surface area contributed by atoms with Crippen LogP contribution < -0.4 is 4.72 Å². The molecule has 0 aromatic heterocycles. The maximum Gasteiger partial charge on any atom is 0.322 e. The summed E-state index contributed by atoms with van der Waals surface area (Å²) in [7, 11) is -4.08. The maximum atomic E-state index is 11.5. The van der Waals surface area contributed by atoms with Crippen molar-refractivity contribution in [3.63, 3.8) is 0 Å². The highest BCUT2D eigenvalue weighted by molar-refractivity contribution is 7.89. The van der Waals surface area contributed by atoms with Crippen LogP contribution >= 0.6 is 0 Å². The Morgan fingerprint density at radius 1 is 1.26 bits per heavy atom. The van der Waals surface area contributed by atoms with E-state index in [1.54, 1.807) is 11.6 Å². The molecule has 0 rings (SSSR count). The van der Waals surface area contributed by atoms with Gasteiger partial charge in [-0.05, 0) is 6.92 Å². The summed E-state index contributed by atoms with van der Waals surface area (Å²) in [5.41, 5.74) is 0. The highest BCUT2D eigenvalue weighted by Crippen LogP contribution is 1.99. The number of nitrogens with one attached hydrogen (secondary N) is 1. The molecule has 0 unspecified atom stereocenters. The van der Waals surface area contributed by atoms with Gasteiger partial charge in [0, 0.05) is 0 Å². The molecule has 3 N–H and O–H groups in total. The molecule has 0 spiro atoms. The van der Waals surface area contributed by atoms with Crippen molar-refractivity contribution in [1.29, 1.82) is 0 Å². The van der Waals surface area contributed by atoms with Crippen LogP contribution in [-0.2, 0) is 29.1 Å². The number of hydrogen-bond donors (Lipinski definition) is 3. The lowest BCUT2D eigenvalue weighted by molar-refractivity contribution is -0.145. The number of esters is 1. The topological polar surface area (TPSA) is 147 Å². The van der Waals surface area contributed by atoms with E-state index in [0.29, 0.717) is 0 Å². The van der Waals surface area contributed by atoms with Crippen molar-refractivity contribution in [2.45, 2.75) is 25.8 Å². The van der Waals surface area contributed by atoms with Gasteiger partial charge in [0.25, 0.3) is 0 Å². The van der Waals surface area contributed by atoms with Gasteiger partial charge in [-0.15, -0.1) is 0 Å². The zero-order valence-corrected chi connectivity index (χ0v) is 11.0. The summed E-state index contributed by atoms with van der Waals surface area (Å²) < 4.78 is 29.1. The Kier molecular flexibility index (Phi) is 7.01. The first-order valence-corrected chi connectivity index (χ1v) is 6.93. The van der Waals surface area contributed by atoms with Crippen LogP contribution in [0, 0.1) is 0 Å². The van der Waals surface area contributed by atoms with Crippen molar-refractivity contribution in [2.75, 3.05) is 12.4 Å².